The van der Waals surface area contributed by atoms with Gasteiger partial charge >= 0.3 is 5.97 Å². The lowest BCUT2D eigenvalue weighted by atomic mass is 10.2. The lowest BCUT2D eigenvalue weighted by Crippen LogP contribution is -2.20. The first kappa shape index (κ1) is 14.6. The average Bonchev–Trinajstić information content (AvgIpc) is 2.84. The lowest BCUT2D eigenvalue weighted by molar-refractivity contribution is 0.0701. The molecule has 112 valence electrons. The van der Waals surface area contributed by atoms with Crippen LogP contribution in [0, 0.1) is 6.92 Å². The van der Waals surface area contributed by atoms with Crippen molar-refractivity contribution in [1.29, 1.82) is 0 Å². The largest absolute Gasteiger partial charge is 0.477 e. The smallest absolute Gasteiger partial charge is 0.346 e. The molecule has 21 heavy (non-hydrogen) atoms. The first-order valence-corrected chi connectivity index (χ1v) is 8.86. The van der Waals surface area contributed by atoms with E-state index in [0.29, 0.717) is 10.1 Å². The number of carbonyl (C=O) groups is 1. The van der Waals surface area contributed by atoms with Crippen LogP contribution in [-0.2, 0) is 0 Å². The fourth-order valence-corrected chi connectivity index (χ4v) is 4.81. The van der Waals surface area contributed by atoms with Gasteiger partial charge in [0.1, 0.15) is 21.9 Å². The zero-order chi connectivity index (χ0) is 14.8. The van der Waals surface area contributed by atoms with Crippen LogP contribution in [0.3, 0.4) is 0 Å². The second-order valence-corrected chi connectivity index (χ2v) is 7.54. The Kier molecular flexibility index (Phi) is 4.30. The number of carboxylic acids is 1. The van der Waals surface area contributed by atoms with E-state index in [2.05, 4.69) is 15.3 Å². The Labute approximate surface area is 131 Å². The summed E-state index contributed by atoms with van der Waals surface area (Å²) in [7, 11) is 0. The molecule has 0 radical (unpaired) electrons. The molecule has 1 aliphatic heterocycles. The van der Waals surface area contributed by atoms with Gasteiger partial charge in [-0.15, -0.1) is 11.3 Å². The van der Waals surface area contributed by atoms with Gasteiger partial charge in [0.15, 0.2) is 0 Å². The number of anilines is 1. The van der Waals surface area contributed by atoms with E-state index in [1.54, 1.807) is 0 Å². The molecule has 1 unspecified atom stereocenters. The standard InChI is InChI=1S/C14H17N3O2S2/c1-8-10-12(15-6-9-4-2-3-5-20-9)16-7-17-13(10)21-11(8)14(18)19/h7,9H,2-6H2,1H3,(H,18,19)(H,15,16,17). The van der Waals surface area contributed by atoms with Crippen LogP contribution in [0.25, 0.3) is 10.2 Å². The maximum Gasteiger partial charge on any atom is 0.346 e. The molecule has 2 N–H and O–H groups in total. The predicted octanol–water partition coefficient (Wildman–Crippen LogP) is 3.40. The topological polar surface area (TPSA) is 75.1 Å². The van der Waals surface area contributed by atoms with E-state index >= 15 is 0 Å². The third kappa shape index (κ3) is 2.98. The summed E-state index contributed by atoms with van der Waals surface area (Å²) >= 11 is 3.22. The van der Waals surface area contributed by atoms with Crippen molar-refractivity contribution in [3.8, 4) is 0 Å². The minimum atomic E-state index is -0.899. The van der Waals surface area contributed by atoms with Crippen molar-refractivity contribution in [3.05, 3.63) is 16.8 Å². The van der Waals surface area contributed by atoms with Gasteiger partial charge in [0.05, 0.1) is 5.39 Å². The minimum Gasteiger partial charge on any atom is -0.477 e. The van der Waals surface area contributed by atoms with Gasteiger partial charge in [-0.1, -0.05) is 6.42 Å². The van der Waals surface area contributed by atoms with Gasteiger partial charge in [0.25, 0.3) is 0 Å². The summed E-state index contributed by atoms with van der Waals surface area (Å²) in [4.78, 5) is 20.8. The summed E-state index contributed by atoms with van der Waals surface area (Å²) in [6.07, 6.45) is 5.33. The third-order valence-corrected chi connectivity index (χ3v) is 6.28. The fourth-order valence-electron chi connectivity index (χ4n) is 2.59. The van der Waals surface area contributed by atoms with Gasteiger partial charge in [-0.25, -0.2) is 14.8 Å². The predicted molar refractivity (Wildman–Crippen MR) is 87.7 cm³/mol. The summed E-state index contributed by atoms with van der Waals surface area (Å²) in [6, 6.07) is 0. The number of fused-ring (bicyclic) bond motifs is 1. The summed E-state index contributed by atoms with van der Waals surface area (Å²) in [5, 5.41) is 14.1. The van der Waals surface area contributed by atoms with Crippen LogP contribution in [-0.4, -0.2) is 38.6 Å². The highest BCUT2D eigenvalue weighted by Crippen LogP contribution is 2.33. The number of thiophene rings is 1. The van der Waals surface area contributed by atoms with Crippen molar-refractivity contribution in [3.63, 3.8) is 0 Å². The van der Waals surface area contributed by atoms with E-state index in [0.717, 1.165) is 28.1 Å². The van der Waals surface area contributed by atoms with E-state index in [4.69, 9.17) is 0 Å². The van der Waals surface area contributed by atoms with Gasteiger partial charge in [-0.3, -0.25) is 0 Å². The number of carboxylic acid groups (broad SMARTS) is 1. The molecule has 0 aromatic carbocycles. The van der Waals surface area contributed by atoms with E-state index < -0.39 is 5.97 Å². The molecule has 1 saturated heterocycles. The van der Waals surface area contributed by atoms with Crippen molar-refractivity contribution in [2.24, 2.45) is 0 Å². The minimum absolute atomic E-state index is 0.348. The second kappa shape index (κ2) is 6.19. The first-order valence-electron chi connectivity index (χ1n) is 6.99. The van der Waals surface area contributed by atoms with Crippen LogP contribution < -0.4 is 5.32 Å². The van der Waals surface area contributed by atoms with Crippen LogP contribution >= 0.6 is 23.1 Å². The molecule has 0 amide bonds. The summed E-state index contributed by atoms with van der Waals surface area (Å²) in [5.74, 6) is 1.09. The molecule has 5 nitrogen and oxygen atoms in total. The Morgan fingerprint density at radius 1 is 1.48 bits per heavy atom. The molecule has 3 rings (SSSR count). The maximum atomic E-state index is 11.2. The van der Waals surface area contributed by atoms with Crippen molar-refractivity contribution in [2.75, 3.05) is 17.6 Å². The molecule has 0 bridgehead atoms. The summed E-state index contributed by atoms with van der Waals surface area (Å²) < 4.78 is 0. The second-order valence-electron chi connectivity index (χ2n) is 5.13. The Hall–Kier alpha value is -1.34. The number of aromatic nitrogens is 2. The molecule has 1 aliphatic rings. The van der Waals surface area contributed by atoms with Gasteiger partial charge in [-0.2, -0.15) is 11.8 Å². The van der Waals surface area contributed by atoms with E-state index in [1.165, 1.54) is 42.7 Å². The average molecular weight is 323 g/mol. The first-order chi connectivity index (χ1) is 10.2. The molecule has 3 heterocycles. The molecule has 2 aromatic rings. The molecule has 1 atom stereocenters. The van der Waals surface area contributed by atoms with Crippen molar-refractivity contribution >= 4 is 45.1 Å². The number of rotatable bonds is 4. The lowest BCUT2D eigenvalue weighted by Gasteiger charge is -2.21. The van der Waals surface area contributed by atoms with Gasteiger partial charge in [0, 0.05) is 11.8 Å². The van der Waals surface area contributed by atoms with Crippen molar-refractivity contribution in [2.45, 2.75) is 31.4 Å². The van der Waals surface area contributed by atoms with Crippen LogP contribution in [0.2, 0.25) is 0 Å². The molecular formula is C14H17N3O2S2. The van der Waals surface area contributed by atoms with E-state index in [-0.39, 0.29) is 0 Å². The molecular weight excluding hydrogens is 306 g/mol. The number of aryl methyl sites for hydroxylation is 1. The zero-order valence-electron chi connectivity index (χ0n) is 11.8. The molecule has 0 saturated carbocycles. The highest BCUT2D eigenvalue weighted by atomic mass is 32.2. The van der Waals surface area contributed by atoms with Crippen LogP contribution in [0.15, 0.2) is 6.33 Å². The number of thioether (sulfide) groups is 1. The normalized spacial score (nSPS) is 18.8. The van der Waals surface area contributed by atoms with Gasteiger partial charge < -0.3 is 10.4 Å². The molecule has 7 heteroatoms. The van der Waals surface area contributed by atoms with E-state index in [1.807, 2.05) is 18.7 Å². The molecule has 0 aliphatic carbocycles. The molecule has 0 spiro atoms. The fraction of sp³-hybridized carbons (Fsp3) is 0.500. The monoisotopic (exact) mass is 323 g/mol. The van der Waals surface area contributed by atoms with E-state index in [9.17, 15) is 9.90 Å². The number of aromatic carboxylic acids is 1. The Morgan fingerprint density at radius 2 is 2.33 bits per heavy atom. The zero-order valence-corrected chi connectivity index (χ0v) is 13.4. The highest BCUT2D eigenvalue weighted by Gasteiger charge is 2.19. The number of hydrogen-bond donors (Lipinski definition) is 2. The Morgan fingerprint density at radius 3 is 3.05 bits per heavy atom. The van der Waals surface area contributed by atoms with Crippen molar-refractivity contribution < 1.29 is 9.90 Å². The van der Waals surface area contributed by atoms with Crippen LogP contribution in [0.4, 0.5) is 5.82 Å². The van der Waals surface area contributed by atoms with Gasteiger partial charge in [-0.05, 0) is 31.1 Å². The maximum absolute atomic E-state index is 11.2. The SMILES string of the molecule is Cc1c(C(=O)O)sc2ncnc(NCC3CCCCS3)c12. The third-order valence-electron chi connectivity index (χ3n) is 3.69. The molecule has 1 fully saturated rings. The van der Waals surface area contributed by atoms with Crippen molar-refractivity contribution in [1.82, 2.24) is 9.97 Å². The summed E-state index contributed by atoms with van der Waals surface area (Å²) in [5.41, 5.74) is 0.752. The highest BCUT2D eigenvalue weighted by molar-refractivity contribution is 7.99. The number of hydrogen-bond acceptors (Lipinski definition) is 6. The van der Waals surface area contributed by atoms with Gasteiger partial charge in [0.2, 0.25) is 0 Å². The van der Waals surface area contributed by atoms with Crippen LogP contribution in [0.5, 0.6) is 0 Å². The quantitative estimate of drug-likeness (QED) is 0.898. The number of nitrogens with zero attached hydrogens (tertiary/aromatic N) is 2. The molecule has 2 aromatic heterocycles. The number of nitrogens with one attached hydrogen (secondary N) is 1. The summed E-state index contributed by atoms with van der Waals surface area (Å²) in [6.45, 7) is 2.70. The van der Waals surface area contributed by atoms with Crippen LogP contribution in [0.1, 0.15) is 34.5 Å². The Bertz CT molecular complexity index is 666. The Balaban J connectivity index is 1.86.